The zero-order chi connectivity index (χ0) is 19.6. The van der Waals surface area contributed by atoms with Crippen LogP contribution in [0.15, 0.2) is 65.7 Å². The minimum atomic E-state index is 0.546. The van der Waals surface area contributed by atoms with Crippen molar-refractivity contribution in [3.63, 3.8) is 0 Å². The van der Waals surface area contributed by atoms with Crippen LogP contribution < -0.4 is 5.32 Å². The van der Waals surface area contributed by atoms with E-state index in [-0.39, 0.29) is 0 Å². The molecule has 2 aromatic rings. The second-order valence-electron chi connectivity index (χ2n) is 7.68. The van der Waals surface area contributed by atoms with Gasteiger partial charge in [-0.3, -0.25) is 4.99 Å². The van der Waals surface area contributed by atoms with Crippen molar-refractivity contribution in [3.05, 3.63) is 71.8 Å². The van der Waals surface area contributed by atoms with Gasteiger partial charge >= 0.3 is 0 Å². The van der Waals surface area contributed by atoms with Gasteiger partial charge in [-0.1, -0.05) is 67.6 Å². The molecule has 4 nitrogen and oxygen atoms in total. The Balaban J connectivity index is 1.37. The number of nitrogens with one attached hydrogen (secondary N) is 1. The molecule has 2 aromatic carbocycles. The summed E-state index contributed by atoms with van der Waals surface area (Å²) in [5, 5.41) is 3.55. The SMILES string of the molecule is CN=C(NCCC(C)c1ccccc1)N1CCC(COCc2ccccc2)C1. The van der Waals surface area contributed by atoms with Gasteiger partial charge in [0.05, 0.1) is 13.2 Å². The minimum Gasteiger partial charge on any atom is -0.376 e. The van der Waals surface area contributed by atoms with Gasteiger partial charge in [0.2, 0.25) is 0 Å². The second kappa shape index (κ2) is 10.9. The molecular weight excluding hydrogens is 346 g/mol. The lowest BCUT2D eigenvalue weighted by Gasteiger charge is -2.22. The summed E-state index contributed by atoms with van der Waals surface area (Å²) >= 11 is 0. The molecule has 1 aliphatic heterocycles. The van der Waals surface area contributed by atoms with Crippen molar-refractivity contribution < 1.29 is 4.74 Å². The number of benzene rings is 2. The van der Waals surface area contributed by atoms with Gasteiger partial charge in [-0.2, -0.15) is 0 Å². The largest absolute Gasteiger partial charge is 0.376 e. The summed E-state index contributed by atoms with van der Waals surface area (Å²) in [5.41, 5.74) is 2.64. The first-order valence-electron chi connectivity index (χ1n) is 10.4. The molecular formula is C24H33N3O. The molecule has 0 saturated carbocycles. The van der Waals surface area contributed by atoms with Crippen LogP contribution in [0.1, 0.15) is 36.8 Å². The zero-order valence-corrected chi connectivity index (χ0v) is 17.2. The van der Waals surface area contributed by atoms with E-state index in [4.69, 9.17) is 4.74 Å². The van der Waals surface area contributed by atoms with Crippen LogP contribution in [0.5, 0.6) is 0 Å². The summed E-state index contributed by atoms with van der Waals surface area (Å²) in [5.74, 6) is 2.14. The summed E-state index contributed by atoms with van der Waals surface area (Å²) in [7, 11) is 1.88. The number of aliphatic imine (C=N–C) groups is 1. The normalized spacial score (nSPS) is 18.3. The molecule has 1 N–H and O–H groups in total. The van der Waals surface area contributed by atoms with Crippen LogP contribution in [0.25, 0.3) is 0 Å². The highest BCUT2D eigenvalue weighted by Gasteiger charge is 2.25. The lowest BCUT2D eigenvalue weighted by atomic mass is 9.98. The fourth-order valence-electron chi connectivity index (χ4n) is 3.76. The number of nitrogens with zero attached hydrogens (tertiary/aromatic N) is 2. The maximum absolute atomic E-state index is 5.94. The summed E-state index contributed by atoms with van der Waals surface area (Å²) in [6.07, 6.45) is 2.26. The molecule has 0 aliphatic carbocycles. The first-order chi connectivity index (χ1) is 13.8. The van der Waals surface area contributed by atoms with Crippen molar-refractivity contribution in [1.29, 1.82) is 0 Å². The van der Waals surface area contributed by atoms with Gasteiger partial charge in [0.25, 0.3) is 0 Å². The fraction of sp³-hybridized carbons (Fsp3) is 0.458. The van der Waals surface area contributed by atoms with Gasteiger partial charge in [-0.25, -0.2) is 0 Å². The molecule has 2 atom stereocenters. The van der Waals surface area contributed by atoms with E-state index in [0.717, 1.165) is 45.0 Å². The fourth-order valence-corrected chi connectivity index (χ4v) is 3.76. The maximum Gasteiger partial charge on any atom is 0.193 e. The van der Waals surface area contributed by atoms with E-state index in [1.54, 1.807) is 0 Å². The Kier molecular flexibility index (Phi) is 7.92. The number of ether oxygens (including phenoxy) is 1. The Morgan fingerprint density at radius 2 is 1.86 bits per heavy atom. The summed E-state index contributed by atoms with van der Waals surface area (Å²) in [6.45, 7) is 6.80. The third-order valence-electron chi connectivity index (χ3n) is 5.49. The lowest BCUT2D eigenvalue weighted by Crippen LogP contribution is -2.40. The Bertz CT molecular complexity index is 717. The number of hydrogen-bond donors (Lipinski definition) is 1. The average Bonchev–Trinajstić information content (AvgIpc) is 3.21. The van der Waals surface area contributed by atoms with Gasteiger partial charge < -0.3 is 15.0 Å². The van der Waals surface area contributed by atoms with E-state index in [2.05, 4.69) is 76.7 Å². The van der Waals surface area contributed by atoms with Crippen molar-refractivity contribution in [2.24, 2.45) is 10.9 Å². The topological polar surface area (TPSA) is 36.9 Å². The summed E-state index contributed by atoms with van der Waals surface area (Å²) in [4.78, 5) is 6.86. The molecule has 1 heterocycles. The number of rotatable bonds is 8. The van der Waals surface area contributed by atoms with Gasteiger partial charge in [0.15, 0.2) is 5.96 Å². The van der Waals surface area contributed by atoms with Crippen LogP contribution in [0.3, 0.4) is 0 Å². The highest BCUT2D eigenvalue weighted by atomic mass is 16.5. The van der Waals surface area contributed by atoms with Crippen molar-refractivity contribution in [2.45, 2.75) is 32.3 Å². The second-order valence-corrected chi connectivity index (χ2v) is 7.68. The van der Waals surface area contributed by atoms with E-state index >= 15 is 0 Å². The van der Waals surface area contributed by atoms with Crippen LogP contribution in [0.4, 0.5) is 0 Å². The van der Waals surface area contributed by atoms with E-state index in [0.29, 0.717) is 18.4 Å². The van der Waals surface area contributed by atoms with Crippen LogP contribution in [0.2, 0.25) is 0 Å². The molecule has 0 amide bonds. The first kappa shape index (κ1) is 20.4. The predicted octanol–water partition coefficient (Wildman–Crippen LogP) is 4.29. The zero-order valence-electron chi connectivity index (χ0n) is 17.2. The molecule has 0 aromatic heterocycles. The van der Waals surface area contributed by atoms with Crippen molar-refractivity contribution in [2.75, 3.05) is 33.3 Å². The highest BCUT2D eigenvalue weighted by Crippen LogP contribution is 2.19. The van der Waals surface area contributed by atoms with Gasteiger partial charge in [0, 0.05) is 32.6 Å². The Labute approximate surface area is 169 Å². The van der Waals surface area contributed by atoms with Crippen LogP contribution in [-0.2, 0) is 11.3 Å². The molecule has 0 radical (unpaired) electrons. The maximum atomic E-state index is 5.94. The van der Waals surface area contributed by atoms with Crippen molar-refractivity contribution in [3.8, 4) is 0 Å². The molecule has 3 rings (SSSR count). The monoisotopic (exact) mass is 379 g/mol. The summed E-state index contributed by atoms with van der Waals surface area (Å²) in [6, 6.07) is 21.1. The van der Waals surface area contributed by atoms with Gasteiger partial charge in [-0.15, -0.1) is 0 Å². The molecule has 28 heavy (non-hydrogen) atoms. The molecule has 2 unspecified atom stereocenters. The van der Waals surface area contributed by atoms with Crippen LogP contribution in [-0.4, -0.2) is 44.1 Å². The molecule has 0 bridgehead atoms. The Hall–Kier alpha value is -2.33. The minimum absolute atomic E-state index is 0.546. The molecule has 4 heteroatoms. The number of hydrogen-bond acceptors (Lipinski definition) is 2. The predicted molar refractivity (Wildman–Crippen MR) is 117 cm³/mol. The van der Waals surface area contributed by atoms with Crippen molar-refractivity contribution in [1.82, 2.24) is 10.2 Å². The first-order valence-corrected chi connectivity index (χ1v) is 10.4. The number of guanidine groups is 1. The average molecular weight is 380 g/mol. The van der Waals surface area contributed by atoms with E-state index in [1.165, 1.54) is 11.1 Å². The van der Waals surface area contributed by atoms with Gasteiger partial charge in [0.1, 0.15) is 0 Å². The lowest BCUT2D eigenvalue weighted by molar-refractivity contribution is 0.0907. The third-order valence-corrected chi connectivity index (χ3v) is 5.49. The smallest absolute Gasteiger partial charge is 0.193 e. The molecule has 1 fully saturated rings. The van der Waals surface area contributed by atoms with Gasteiger partial charge in [-0.05, 0) is 29.9 Å². The Morgan fingerprint density at radius 3 is 2.57 bits per heavy atom. The third kappa shape index (κ3) is 6.10. The van der Waals surface area contributed by atoms with E-state index in [9.17, 15) is 0 Å². The van der Waals surface area contributed by atoms with E-state index in [1.807, 2.05) is 13.1 Å². The van der Waals surface area contributed by atoms with Crippen LogP contribution in [0, 0.1) is 5.92 Å². The number of likely N-dealkylation sites (tertiary alicyclic amines) is 1. The van der Waals surface area contributed by atoms with Crippen LogP contribution >= 0.6 is 0 Å². The molecule has 0 spiro atoms. The Morgan fingerprint density at radius 1 is 1.14 bits per heavy atom. The summed E-state index contributed by atoms with van der Waals surface area (Å²) < 4.78 is 5.94. The molecule has 1 saturated heterocycles. The molecule has 150 valence electrons. The van der Waals surface area contributed by atoms with E-state index < -0.39 is 0 Å². The highest BCUT2D eigenvalue weighted by molar-refractivity contribution is 5.80. The van der Waals surface area contributed by atoms with Crippen molar-refractivity contribution >= 4 is 5.96 Å². The molecule has 1 aliphatic rings. The quantitative estimate of drug-likeness (QED) is 0.549. The standard InChI is InChI=1S/C24H33N3O/c1-20(23-11-7-4-8-12-23)13-15-26-24(25-2)27-16-14-22(17-27)19-28-18-21-9-5-3-6-10-21/h3-12,20,22H,13-19H2,1-2H3,(H,25,26).